The lowest BCUT2D eigenvalue weighted by Gasteiger charge is -2.13. The van der Waals surface area contributed by atoms with E-state index in [1.807, 2.05) is 13.8 Å². The minimum atomic E-state index is -1.63. The van der Waals surface area contributed by atoms with Crippen LogP contribution >= 0.6 is 0 Å². The highest BCUT2D eigenvalue weighted by molar-refractivity contribution is 5.64. The monoisotopic (exact) mass is 284 g/mol. The molecule has 20 heavy (non-hydrogen) atoms. The van der Waals surface area contributed by atoms with Gasteiger partial charge in [-0.15, -0.1) is 0 Å². The molecule has 0 aliphatic rings. The number of carboxylic acid groups (broad SMARTS) is 1. The lowest BCUT2D eigenvalue weighted by molar-refractivity contribution is 0.140. The van der Waals surface area contributed by atoms with Crippen LogP contribution in [0.3, 0.4) is 0 Å². The Bertz CT molecular complexity index is 439. The summed E-state index contributed by atoms with van der Waals surface area (Å²) >= 11 is 0. The van der Waals surface area contributed by atoms with E-state index in [0.29, 0.717) is 24.0 Å². The number of hydrogen-bond donors (Lipinski definition) is 2. The van der Waals surface area contributed by atoms with Crippen molar-refractivity contribution in [2.24, 2.45) is 0 Å². The lowest BCUT2D eigenvalue weighted by atomic mass is 9.99. The van der Waals surface area contributed by atoms with Crippen molar-refractivity contribution in [1.82, 2.24) is 0 Å². The SMILES string of the molecule is CCCCc1cc(CCCC)c(F)c(OC(=O)O)c1O. The van der Waals surface area contributed by atoms with Gasteiger partial charge in [0.2, 0.25) is 5.75 Å². The van der Waals surface area contributed by atoms with Crippen molar-refractivity contribution in [3.05, 3.63) is 23.0 Å². The molecule has 0 amide bonds. The summed E-state index contributed by atoms with van der Waals surface area (Å²) in [7, 11) is 0. The van der Waals surface area contributed by atoms with Gasteiger partial charge in [0, 0.05) is 0 Å². The highest BCUT2D eigenvalue weighted by Crippen LogP contribution is 2.36. The molecule has 0 saturated heterocycles. The summed E-state index contributed by atoms with van der Waals surface area (Å²) in [5, 5.41) is 18.6. The second-order valence-corrected chi connectivity index (χ2v) is 4.76. The highest BCUT2D eigenvalue weighted by Gasteiger charge is 2.21. The van der Waals surface area contributed by atoms with Crippen LogP contribution in [0.25, 0.3) is 0 Å². The van der Waals surface area contributed by atoms with Gasteiger partial charge in [-0.05, 0) is 42.9 Å². The molecule has 0 aromatic heterocycles. The molecule has 5 heteroatoms. The van der Waals surface area contributed by atoms with Crippen LogP contribution in [0.4, 0.5) is 9.18 Å². The molecule has 0 spiro atoms. The number of hydrogen-bond acceptors (Lipinski definition) is 3. The van der Waals surface area contributed by atoms with Gasteiger partial charge < -0.3 is 14.9 Å². The molecule has 0 aliphatic carbocycles. The normalized spacial score (nSPS) is 10.6. The molecule has 0 heterocycles. The first-order valence-corrected chi connectivity index (χ1v) is 6.95. The Balaban J connectivity index is 3.20. The average molecular weight is 284 g/mol. The number of unbranched alkanes of at least 4 members (excludes halogenated alkanes) is 2. The van der Waals surface area contributed by atoms with E-state index in [9.17, 15) is 14.3 Å². The van der Waals surface area contributed by atoms with Crippen LogP contribution in [-0.2, 0) is 12.8 Å². The molecule has 0 unspecified atom stereocenters. The highest BCUT2D eigenvalue weighted by atomic mass is 19.1. The molecule has 1 rings (SSSR count). The number of carbonyl (C=O) groups is 1. The minimum absolute atomic E-state index is 0.395. The van der Waals surface area contributed by atoms with Gasteiger partial charge >= 0.3 is 6.16 Å². The third-order valence-corrected chi connectivity index (χ3v) is 3.14. The first-order valence-electron chi connectivity index (χ1n) is 6.95. The van der Waals surface area contributed by atoms with E-state index in [1.165, 1.54) is 0 Å². The van der Waals surface area contributed by atoms with E-state index in [4.69, 9.17) is 5.11 Å². The molecule has 2 N–H and O–H groups in total. The van der Waals surface area contributed by atoms with Gasteiger partial charge in [-0.2, -0.15) is 0 Å². The molecule has 0 fully saturated rings. The molecule has 0 radical (unpaired) electrons. The molecule has 1 aromatic rings. The second kappa shape index (κ2) is 7.72. The van der Waals surface area contributed by atoms with Crippen LogP contribution in [0.5, 0.6) is 11.5 Å². The number of halogens is 1. The maximum atomic E-state index is 14.2. The fourth-order valence-electron chi connectivity index (χ4n) is 2.03. The summed E-state index contributed by atoms with van der Waals surface area (Å²) in [6, 6.07) is 1.62. The number of aryl methyl sites for hydroxylation is 2. The Morgan fingerprint density at radius 3 is 2.25 bits per heavy atom. The minimum Gasteiger partial charge on any atom is -0.504 e. The second-order valence-electron chi connectivity index (χ2n) is 4.76. The van der Waals surface area contributed by atoms with Gasteiger partial charge in [0.25, 0.3) is 0 Å². The molecular weight excluding hydrogens is 263 g/mol. The standard InChI is InChI=1S/C15H21FO4/c1-3-5-7-10-9-11(8-6-4-2)13(17)14(12(10)16)20-15(18)19/h9,17H,3-8H2,1-2H3,(H,18,19). The van der Waals surface area contributed by atoms with Crippen LogP contribution in [-0.4, -0.2) is 16.4 Å². The number of aromatic hydroxyl groups is 1. The van der Waals surface area contributed by atoms with Crippen molar-refractivity contribution in [3.8, 4) is 11.5 Å². The van der Waals surface area contributed by atoms with Gasteiger partial charge in [-0.25, -0.2) is 9.18 Å². The van der Waals surface area contributed by atoms with Crippen LogP contribution in [0.15, 0.2) is 6.07 Å². The first kappa shape index (κ1) is 16.3. The predicted octanol–water partition coefficient (Wildman–Crippen LogP) is 4.27. The van der Waals surface area contributed by atoms with Crippen molar-refractivity contribution >= 4 is 6.16 Å². The smallest absolute Gasteiger partial charge is 0.504 e. The summed E-state index contributed by atoms with van der Waals surface area (Å²) < 4.78 is 18.6. The van der Waals surface area contributed by atoms with E-state index in [2.05, 4.69) is 4.74 Å². The third kappa shape index (κ3) is 4.11. The van der Waals surface area contributed by atoms with E-state index in [1.54, 1.807) is 6.07 Å². The summed E-state index contributed by atoms with van der Waals surface area (Å²) in [5.41, 5.74) is 0.933. The zero-order valence-corrected chi connectivity index (χ0v) is 11.9. The molecule has 0 atom stereocenters. The van der Waals surface area contributed by atoms with Crippen LogP contribution in [0, 0.1) is 5.82 Å². The van der Waals surface area contributed by atoms with Crippen LogP contribution in [0.1, 0.15) is 50.7 Å². The third-order valence-electron chi connectivity index (χ3n) is 3.14. The zero-order chi connectivity index (χ0) is 15.1. The Morgan fingerprint density at radius 2 is 1.75 bits per heavy atom. The zero-order valence-electron chi connectivity index (χ0n) is 11.9. The summed E-state index contributed by atoms with van der Waals surface area (Å²) in [6.45, 7) is 4.00. The van der Waals surface area contributed by atoms with Gasteiger partial charge in [-0.1, -0.05) is 26.7 Å². The number of rotatable bonds is 7. The van der Waals surface area contributed by atoms with Crippen molar-refractivity contribution in [2.75, 3.05) is 0 Å². The fraction of sp³-hybridized carbons (Fsp3) is 0.533. The molecule has 1 aromatic carbocycles. The maximum absolute atomic E-state index is 14.2. The van der Waals surface area contributed by atoms with Gasteiger partial charge in [0.05, 0.1) is 0 Å². The van der Waals surface area contributed by atoms with Crippen molar-refractivity contribution in [3.63, 3.8) is 0 Å². The van der Waals surface area contributed by atoms with Crippen LogP contribution < -0.4 is 4.74 Å². The first-order chi connectivity index (χ1) is 9.51. The largest absolute Gasteiger partial charge is 0.511 e. The number of phenolic OH excluding ortho intramolecular Hbond substituents is 1. The fourth-order valence-corrected chi connectivity index (χ4v) is 2.03. The summed E-state index contributed by atoms with van der Waals surface area (Å²) in [5.74, 6) is -1.76. The summed E-state index contributed by atoms with van der Waals surface area (Å²) in [4.78, 5) is 10.6. The number of ether oxygens (including phenoxy) is 1. The van der Waals surface area contributed by atoms with E-state index < -0.39 is 23.5 Å². The predicted molar refractivity (Wildman–Crippen MR) is 73.9 cm³/mol. The van der Waals surface area contributed by atoms with Crippen molar-refractivity contribution in [1.29, 1.82) is 0 Å². The quantitative estimate of drug-likeness (QED) is 0.579. The van der Waals surface area contributed by atoms with E-state index in [0.717, 1.165) is 25.7 Å². The Morgan fingerprint density at radius 1 is 1.20 bits per heavy atom. The lowest BCUT2D eigenvalue weighted by Crippen LogP contribution is -2.08. The Hall–Kier alpha value is -1.78. The van der Waals surface area contributed by atoms with Crippen molar-refractivity contribution in [2.45, 2.75) is 52.4 Å². The molecule has 0 bridgehead atoms. The molecule has 0 saturated carbocycles. The van der Waals surface area contributed by atoms with Gasteiger partial charge in [-0.3, -0.25) is 0 Å². The molecule has 112 valence electrons. The molecular formula is C15H21FO4. The van der Waals surface area contributed by atoms with Crippen molar-refractivity contribution < 1.29 is 24.1 Å². The maximum Gasteiger partial charge on any atom is 0.511 e. The Labute approximate surface area is 118 Å². The van der Waals surface area contributed by atoms with Gasteiger partial charge in [0.1, 0.15) is 0 Å². The molecule has 4 nitrogen and oxygen atoms in total. The van der Waals surface area contributed by atoms with Crippen LogP contribution in [0.2, 0.25) is 0 Å². The van der Waals surface area contributed by atoms with E-state index >= 15 is 0 Å². The Kier molecular flexibility index (Phi) is 6.28. The van der Waals surface area contributed by atoms with E-state index in [-0.39, 0.29) is 0 Å². The van der Waals surface area contributed by atoms with Gasteiger partial charge in [0.15, 0.2) is 11.6 Å². The average Bonchev–Trinajstić information content (AvgIpc) is 2.41. The summed E-state index contributed by atoms with van der Waals surface area (Å²) in [6.07, 6.45) is 2.89. The number of benzene rings is 1. The topological polar surface area (TPSA) is 66.8 Å². The molecule has 0 aliphatic heterocycles. The number of phenols is 1.